The van der Waals surface area contributed by atoms with Gasteiger partial charge in [-0.1, -0.05) is 41.4 Å². The molecule has 2 aromatic rings. The van der Waals surface area contributed by atoms with Gasteiger partial charge in [0.2, 0.25) is 0 Å². The van der Waals surface area contributed by atoms with Gasteiger partial charge in [-0.2, -0.15) is 0 Å². The number of nitrogens with one attached hydrogen (secondary N) is 1. The second kappa shape index (κ2) is 8.04. The number of nitrogens with zero attached hydrogens (tertiary/aromatic N) is 2. The highest BCUT2D eigenvalue weighted by molar-refractivity contribution is 9.10. The summed E-state index contributed by atoms with van der Waals surface area (Å²) in [6.07, 6.45) is 3.21. The maximum atomic E-state index is 12.4. The Balaban J connectivity index is 2.22. The van der Waals surface area contributed by atoms with E-state index < -0.39 is 5.60 Å². The van der Waals surface area contributed by atoms with Gasteiger partial charge in [-0.3, -0.25) is 0 Å². The summed E-state index contributed by atoms with van der Waals surface area (Å²) in [7, 11) is 1.76. The number of benzene rings is 1. The van der Waals surface area contributed by atoms with E-state index in [1.165, 1.54) is 0 Å². The second-order valence-electron chi connectivity index (χ2n) is 7.08. The van der Waals surface area contributed by atoms with Crippen LogP contribution in [0.2, 0.25) is 0 Å². The van der Waals surface area contributed by atoms with Crippen LogP contribution in [0.25, 0.3) is 11.3 Å². The van der Waals surface area contributed by atoms with E-state index >= 15 is 0 Å². The minimum atomic E-state index is -0.520. The van der Waals surface area contributed by atoms with E-state index in [2.05, 4.69) is 32.8 Å². The number of amides is 1. The van der Waals surface area contributed by atoms with E-state index in [9.17, 15) is 4.79 Å². The number of imidazole rings is 1. The fourth-order valence-electron chi connectivity index (χ4n) is 2.53. The Morgan fingerprint density at radius 3 is 2.52 bits per heavy atom. The summed E-state index contributed by atoms with van der Waals surface area (Å²) in [5.41, 5.74) is 1.46. The average Bonchev–Trinajstić information content (AvgIpc) is 3.00. The Morgan fingerprint density at radius 1 is 1.32 bits per heavy atom. The second-order valence-corrected chi connectivity index (χ2v) is 8.00. The minimum absolute atomic E-state index is 0.149. The Labute approximate surface area is 157 Å². The van der Waals surface area contributed by atoms with Crippen LogP contribution in [0.1, 0.15) is 52.4 Å². The summed E-state index contributed by atoms with van der Waals surface area (Å²) in [6.45, 7) is 7.69. The highest BCUT2D eigenvalue weighted by Gasteiger charge is 2.27. The van der Waals surface area contributed by atoms with Gasteiger partial charge in [0.25, 0.3) is 0 Å². The van der Waals surface area contributed by atoms with Gasteiger partial charge in [-0.05, 0) is 44.9 Å². The van der Waals surface area contributed by atoms with Gasteiger partial charge in [0, 0.05) is 11.5 Å². The predicted molar refractivity (Wildman–Crippen MR) is 103 cm³/mol. The molecule has 0 saturated heterocycles. The molecule has 1 unspecified atom stereocenters. The number of hydrogen-bond acceptors (Lipinski definition) is 3. The van der Waals surface area contributed by atoms with E-state index in [4.69, 9.17) is 4.74 Å². The Hall–Kier alpha value is -1.82. The van der Waals surface area contributed by atoms with E-state index in [0.717, 1.165) is 34.4 Å². The molecular weight excluding hydrogens is 382 g/mol. The number of carbonyl (C=O) groups excluding carboxylic acids is 1. The fraction of sp³-hybridized carbons (Fsp3) is 0.474. The molecule has 6 heteroatoms. The van der Waals surface area contributed by atoms with Crippen LogP contribution in [0, 0.1) is 0 Å². The number of hydrogen-bond donors (Lipinski definition) is 1. The molecule has 0 spiro atoms. The molecule has 1 aromatic heterocycles. The Morgan fingerprint density at radius 2 is 1.96 bits per heavy atom. The van der Waals surface area contributed by atoms with Crippen molar-refractivity contribution in [3.05, 3.63) is 40.8 Å². The quantitative estimate of drug-likeness (QED) is 0.706. The summed E-state index contributed by atoms with van der Waals surface area (Å²) < 4.78 is 6.52. The van der Waals surface area contributed by atoms with Crippen molar-refractivity contribution in [3.63, 3.8) is 0 Å². The first-order valence-corrected chi connectivity index (χ1v) is 9.27. The maximum Gasteiger partial charge on any atom is 0.410 e. The van der Waals surface area contributed by atoms with Crippen LogP contribution >= 0.6 is 15.9 Å². The van der Waals surface area contributed by atoms with Crippen LogP contribution in [0.5, 0.6) is 0 Å². The molecule has 25 heavy (non-hydrogen) atoms. The van der Waals surface area contributed by atoms with E-state index in [1.807, 2.05) is 51.2 Å². The molecule has 1 N–H and O–H groups in total. The molecular formula is C19H26BrN3O2. The van der Waals surface area contributed by atoms with Crippen molar-refractivity contribution >= 4 is 22.0 Å². The number of H-pyrrole nitrogens is 1. The van der Waals surface area contributed by atoms with Gasteiger partial charge in [0.1, 0.15) is 11.4 Å². The smallest absolute Gasteiger partial charge is 0.410 e. The third kappa shape index (κ3) is 5.33. The number of aromatic amines is 1. The summed E-state index contributed by atoms with van der Waals surface area (Å²) in [5, 5.41) is 0. The topological polar surface area (TPSA) is 58.2 Å². The van der Waals surface area contributed by atoms with Gasteiger partial charge in [0.05, 0.1) is 17.9 Å². The van der Waals surface area contributed by atoms with Crippen molar-refractivity contribution in [2.75, 3.05) is 7.05 Å². The lowest BCUT2D eigenvalue weighted by atomic mass is 10.1. The van der Waals surface area contributed by atoms with Crippen molar-refractivity contribution in [3.8, 4) is 11.3 Å². The molecule has 0 aliphatic carbocycles. The predicted octanol–water partition coefficient (Wildman–Crippen LogP) is 5.55. The lowest BCUT2D eigenvalue weighted by molar-refractivity contribution is 0.0204. The molecule has 2 rings (SSSR count). The van der Waals surface area contributed by atoms with Crippen LogP contribution < -0.4 is 0 Å². The Kier molecular flexibility index (Phi) is 6.27. The number of aromatic nitrogens is 2. The summed E-state index contributed by atoms with van der Waals surface area (Å²) >= 11 is 3.44. The number of rotatable bonds is 5. The standard InChI is InChI=1S/C19H26BrN3O2/c1-6-7-16(23(5)18(24)25-19(2,3)4)17-21-12-15(22-17)13-8-10-14(20)11-9-13/h8-12,16H,6-7H2,1-5H3,(H,21,22). The van der Waals surface area contributed by atoms with Crippen LogP contribution in [0.4, 0.5) is 4.79 Å². The highest BCUT2D eigenvalue weighted by atomic mass is 79.9. The largest absolute Gasteiger partial charge is 0.444 e. The van der Waals surface area contributed by atoms with Crippen LogP contribution in [-0.4, -0.2) is 33.6 Å². The molecule has 0 saturated carbocycles. The molecule has 136 valence electrons. The van der Waals surface area contributed by atoms with E-state index in [-0.39, 0.29) is 12.1 Å². The molecule has 0 radical (unpaired) electrons. The molecule has 0 fully saturated rings. The normalized spacial score (nSPS) is 12.7. The first-order chi connectivity index (χ1) is 11.7. The number of carbonyl (C=O) groups is 1. The van der Waals surface area contributed by atoms with Crippen molar-refractivity contribution in [1.29, 1.82) is 0 Å². The summed E-state index contributed by atoms with van der Waals surface area (Å²) in [6, 6.07) is 7.88. The van der Waals surface area contributed by atoms with Crippen molar-refractivity contribution < 1.29 is 9.53 Å². The fourth-order valence-corrected chi connectivity index (χ4v) is 2.79. The zero-order valence-corrected chi connectivity index (χ0v) is 17.1. The minimum Gasteiger partial charge on any atom is -0.444 e. The van der Waals surface area contributed by atoms with Gasteiger partial charge in [-0.25, -0.2) is 9.78 Å². The molecule has 1 amide bonds. The lowest BCUT2D eigenvalue weighted by Crippen LogP contribution is -2.37. The zero-order chi connectivity index (χ0) is 18.6. The van der Waals surface area contributed by atoms with E-state index in [1.54, 1.807) is 11.9 Å². The summed E-state index contributed by atoms with van der Waals surface area (Å²) in [5.74, 6) is 0.771. The Bertz CT molecular complexity index is 704. The third-order valence-corrected chi connectivity index (χ3v) is 4.31. The van der Waals surface area contributed by atoms with Crippen LogP contribution in [-0.2, 0) is 4.74 Å². The average molecular weight is 408 g/mol. The highest BCUT2D eigenvalue weighted by Crippen LogP contribution is 2.27. The van der Waals surface area contributed by atoms with Crippen LogP contribution in [0.15, 0.2) is 34.9 Å². The number of halogens is 1. The van der Waals surface area contributed by atoms with Crippen molar-refractivity contribution in [1.82, 2.24) is 14.9 Å². The lowest BCUT2D eigenvalue weighted by Gasteiger charge is -2.29. The van der Waals surface area contributed by atoms with Gasteiger partial charge >= 0.3 is 6.09 Å². The van der Waals surface area contributed by atoms with E-state index in [0.29, 0.717) is 0 Å². The molecule has 1 atom stereocenters. The van der Waals surface area contributed by atoms with Gasteiger partial charge < -0.3 is 14.6 Å². The molecule has 5 nitrogen and oxygen atoms in total. The van der Waals surface area contributed by atoms with Crippen molar-refractivity contribution in [2.24, 2.45) is 0 Å². The third-order valence-electron chi connectivity index (χ3n) is 3.78. The zero-order valence-electron chi connectivity index (χ0n) is 15.5. The summed E-state index contributed by atoms with van der Waals surface area (Å²) in [4.78, 5) is 21.9. The van der Waals surface area contributed by atoms with Gasteiger partial charge in [-0.15, -0.1) is 0 Å². The molecule has 1 heterocycles. The molecule has 0 bridgehead atoms. The SMILES string of the molecule is CCCC(c1ncc(-c2ccc(Br)cc2)[nH]1)N(C)C(=O)OC(C)(C)C. The maximum absolute atomic E-state index is 12.4. The van der Waals surface area contributed by atoms with Crippen molar-refractivity contribution in [2.45, 2.75) is 52.2 Å². The van der Waals surface area contributed by atoms with Gasteiger partial charge in [0.15, 0.2) is 0 Å². The first kappa shape index (κ1) is 19.5. The molecule has 1 aromatic carbocycles. The molecule has 0 aliphatic rings. The number of ether oxygens (including phenoxy) is 1. The first-order valence-electron chi connectivity index (χ1n) is 8.48. The van der Waals surface area contributed by atoms with Crippen LogP contribution in [0.3, 0.4) is 0 Å². The molecule has 0 aliphatic heterocycles. The monoisotopic (exact) mass is 407 g/mol.